The fraction of sp³-hybridized carbons (Fsp3) is 0.276. The molecule has 0 saturated heterocycles. The quantitative estimate of drug-likeness (QED) is 0.301. The Morgan fingerprint density at radius 3 is 2.46 bits per heavy atom. The third-order valence-electron chi connectivity index (χ3n) is 6.55. The molecular formula is C29H30ClFN4O2. The standard InChI is InChI=1S/C29H30ClFN4O2/c30-26-17-13-22(31)19-25(26)28(36)33-23-14-11-21(12-15-23)29(37)35-18-6-2-1-3-8-24(34-32)16-10-20-7-4-5-9-27(20)35/h4-5,7,9,11-15,17,19H,1-3,6,8,10,16,18,32H2,(H,33,36)/b34-24+. The summed E-state index contributed by atoms with van der Waals surface area (Å²) in [6.45, 7) is 0.615. The topological polar surface area (TPSA) is 87.8 Å². The van der Waals surface area contributed by atoms with Crippen LogP contribution in [0.1, 0.15) is 64.8 Å². The molecule has 2 amide bonds. The van der Waals surface area contributed by atoms with E-state index in [1.165, 1.54) is 12.1 Å². The molecular weight excluding hydrogens is 491 g/mol. The summed E-state index contributed by atoms with van der Waals surface area (Å²) in [5.74, 6) is 4.44. The van der Waals surface area contributed by atoms with E-state index in [1.807, 2.05) is 29.2 Å². The van der Waals surface area contributed by atoms with Crippen LogP contribution in [0.4, 0.5) is 15.8 Å². The molecule has 8 heteroatoms. The van der Waals surface area contributed by atoms with Gasteiger partial charge in [0, 0.05) is 29.2 Å². The summed E-state index contributed by atoms with van der Waals surface area (Å²) in [6.07, 6.45) is 6.43. The number of rotatable bonds is 3. The number of anilines is 2. The molecule has 0 spiro atoms. The van der Waals surface area contributed by atoms with Gasteiger partial charge < -0.3 is 16.1 Å². The summed E-state index contributed by atoms with van der Waals surface area (Å²) >= 11 is 6.04. The van der Waals surface area contributed by atoms with Crippen molar-refractivity contribution in [3.63, 3.8) is 0 Å². The smallest absolute Gasteiger partial charge is 0.258 e. The van der Waals surface area contributed by atoms with E-state index in [0.717, 1.165) is 68.0 Å². The van der Waals surface area contributed by atoms with Gasteiger partial charge in [-0.2, -0.15) is 5.10 Å². The molecule has 4 rings (SSSR count). The molecule has 0 aromatic heterocycles. The van der Waals surface area contributed by atoms with Crippen molar-refractivity contribution < 1.29 is 14.0 Å². The number of nitrogens with one attached hydrogen (secondary N) is 1. The van der Waals surface area contributed by atoms with Gasteiger partial charge in [-0.25, -0.2) is 4.39 Å². The maximum atomic E-state index is 13.7. The maximum Gasteiger partial charge on any atom is 0.258 e. The number of nitrogens with two attached hydrogens (primary N) is 1. The highest BCUT2D eigenvalue weighted by atomic mass is 35.5. The Hall–Kier alpha value is -3.71. The molecule has 0 fully saturated rings. The van der Waals surface area contributed by atoms with Gasteiger partial charge in [0.2, 0.25) is 0 Å². The highest BCUT2D eigenvalue weighted by Crippen LogP contribution is 2.27. The average Bonchev–Trinajstić information content (AvgIpc) is 2.91. The van der Waals surface area contributed by atoms with Crippen molar-refractivity contribution in [3.8, 4) is 0 Å². The molecule has 1 aliphatic heterocycles. The molecule has 0 unspecified atom stereocenters. The predicted octanol–water partition coefficient (Wildman–Crippen LogP) is 6.59. The van der Waals surface area contributed by atoms with Gasteiger partial charge in [-0.3, -0.25) is 9.59 Å². The second-order valence-corrected chi connectivity index (χ2v) is 9.51. The van der Waals surface area contributed by atoms with Crippen molar-refractivity contribution >= 4 is 40.5 Å². The van der Waals surface area contributed by atoms with Gasteiger partial charge in [0.15, 0.2) is 0 Å². The van der Waals surface area contributed by atoms with Crippen molar-refractivity contribution in [1.29, 1.82) is 0 Å². The number of halogens is 2. The number of nitrogens with zero attached hydrogens (tertiary/aromatic N) is 2. The predicted molar refractivity (Wildman–Crippen MR) is 147 cm³/mol. The summed E-state index contributed by atoms with van der Waals surface area (Å²) in [6, 6.07) is 18.3. The number of para-hydroxylation sites is 1. The molecule has 3 aromatic rings. The number of hydrogen-bond donors (Lipinski definition) is 2. The van der Waals surface area contributed by atoms with E-state index >= 15 is 0 Å². The molecule has 3 N–H and O–H groups in total. The minimum atomic E-state index is -0.548. The van der Waals surface area contributed by atoms with Gasteiger partial charge in [-0.15, -0.1) is 0 Å². The first kappa shape index (κ1) is 26.4. The minimum absolute atomic E-state index is 0.0422. The Kier molecular flexibility index (Phi) is 8.90. The molecule has 1 aliphatic rings. The van der Waals surface area contributed by atoms with Crippen LogP contribution in [-0.2, 0) is 6.42 Å². The molecule has 0 saturated carbocycles. The fourth-order valence-electron chi connectivity index (χ4n) is 4.52. The van der Waals surface area contributed by atoms with E-state index in [0.29, 0.717) is 17.8 Å². The Bertz CT molecular complexity index is 1290. The number of hydrogen-bond acceptors (Lipinski definition) is 4. The van der Waals surface area contributed by atoms with Gasteiger partial charge in [0.05, 0.1) is 10.6 Å². The lowest BCUT2D eigenvalue weighted by Gasteiger charge is -2.26. The van der Waals surface area contributed by atoms with Crippen molar-refractivity contribution in [2.75, 3.05) is 16.8 Å². The zero-order valence-electron chi connectivity index (χ0n) is 20.6. The number of amides is 2. The highest BCUT2D eigenvalue weighted by molar-refractivity contribution is 6.34. The Balaban J connectivity index is 1.54. The van der Waals surface area contributed by atoms with Gasteiger partial charge in [0.25, 0.3) is 11.8 Å². The van der Waals surface area contributed by atoms with Crippen LogP contribution < -0.4 is 16.1 Å². The van der Waals surface area contributed by atoms with Gasteiger partial charge in [0.1, 0.15) is 5.82 Å². The molecule has 1 heterocycles. The van der Waals surface area contributed by atoms with E-state index in [-0.39, 0.29) is 16.5 Å². The molecule has 3 aromatic carbocycles. The van der Waals surface area contributed by atoms with E-state index in [9.17, 15) is 14.0 Å². The molecule has 37 heavy (non-hydrogen) atoms. The van der Waals surface area contributed by atoms with E-state index in [2.05, 4.69) is 10.4 Å². The normalized spacial score (nSPS) is 15.8. The van der Waals surface area contributed by atoms with E-state index in [4.69, 9.17) is 17.4 Å². The van der Waals surface area contributed by atoms with Crippen LogP contribution >= 0.6 is 11.6 Å². The van der Waals surface area contributed by atoms with Crippen LogP contribution in [-0.4, -0.2) is 24.1 Å². The number of carbonyl (C=O) groups excluding carboxylic acids is 2. The molecule has 0 atom stereocenters. The van der Waals surface area contributed by atoms with Crippen LogP contribution in [0.5, 0.6) is 0 Å². The van der Waals surface area contributed by atoms with Crippen molar-refractivity contribution in [3.05, 3.63) is 94.3 Å². The minimum Gasteiger partial charge on any atom is -0.323 e. The summed E-state index contributed by atoms with van der Waals surface area (Å²) in [4.78, 5) is 28.1. The third kappa shape index (κ3) is 6.74. The number of carbonyl (C=O) groups is 2. The third-order valence-corrected chi connectivity index (χ3v) is 6.88. The van der Waals surface area contributed by atoms with Gasteiger partial charge in [-0.1, -0.05) is 42.6 Å². The summed E-state index contributed by atoms with van der Waals surface area (Å²) in [5, 5.41) is 6.85. The number of aryl methyl sites for hydroxylation is 1. The Morgan fingerprint density at radius 2 is 1.68 bits per heavy atom. The maximum absolute atomic E-state index is 13.7. The lowest BCUT2D eigenvalue weighted by molar-refractivity contribution is 0.0985. The molecule has 192 valence electrons. The summed E-state index contributed by atoms with van der Waals surface area (Å²) in [5.41, 5.74) is 4.00. The first-order valence-corrected chi connectivity index (χ1v) is 12.9. The van der Waals surface area contributed by atoms with Crippen molar-refractivity contribution in [1.82, 2.24) is 0 Å². The van der Waals surface area contributed by atoms with Crippen molar-refractivity contribution in [2.24, 2.45) is 10.9 Å². The highest BCUT2D eigenvalue weighted by Gasteiger charge is 2.21. The second-order valence-electron chi connectivity index (χ2n) is 9.10. The zero-order valence-corrected chi connectivity index (χ0v) is 21.3. The first-order chi connectivity index (χ1) is 18.0. The van der Waals surface area contributed by atoms with E-state index in [1.54, 1.807) is 24.3 Å². The largest absolute Gasteiger partial charge is 0.323 e. The van der Waals surface area contributed by atoms with Gasteiger partial charge in [-0.05, 0) is 86.2 Å². The van der Waals surface area contributed by atoms with E-state index < -0.39 is 11.7 Å². The zero-order chi connectivity index (χ0) is 26.2. The van der Waals surface area contributed by atoms with Crippen LogP contribution in [0.25, 0.3) is 0 Å². The number of hydrazone groups is 1. The van der Waals surface area contributed by atoms with Crippen LogP contribution in [0, 0.1) is 5.82 Å². The molecule has 0 radical (unpaired) electrons. The first-order valence-electron chi connectivity index (χ1n) is 12.5. The molecule has 0 bridgehead atoms. The van der Waals surface area contributed by atoms with Gasteiger partial charge >= 0.3 is 0 Å². The summed E-state index contributed by atoms with van der Waals surface area (Å²) in [7, 11) is 0. The molecule has 0 aliphatic carbocycles. The Morgan fingerprint density at radius 1 is 0.919 bits per heavy atom. The number of benzene rings is 3. The number of fused-ring (bicyclic) bond motifs is 1. The van der Waals surface area contributed by atoms with Crippen LogP contribution in [0.3, 0.4) is 0 Å². The lowest BCUT2D eigenvalue weighted by Crippen LogP contribution is -2.33. The summed E-state index contributed by atoms with van der Waals surface area (Å²) < 4.78 is 13.6. The van der Waals surface area contributed by atoms with Crippen LogP contribution in [0.15, 0.2) is 71.8 Å². The lowest BCUT2D eigenvalue weighted by atomic mass is 9.99. The SMILES string of the molecule is N/N=C1\CCCCCCN(C(=O)c2ccc(NC(=O)c3cc(F)ccc3Cl)cc2)c2ccccc2CC1. The second kappa shape index (κ2) is 12.5. The fourth-order valence-corrected chi connectivity index (χ4v) is 4.73. The van der Waals surface area contributed by atoms with Crippen LogP contribution in [0.2, 0.25) is 5.02 Å². The van der Waals surface area contributed by atoms with Crippen molar-refractivity contribution in [2.45, 2.75) is 44.9 Å². The average molecular weight is 521 g/mol. The molecule has 6 nitrogen and oxygen atoms in total. The Labute approximate surface area is 221 Å². The monoisotopic (exact) mass is 520 g/mol.